The van der Waals surface area contributed by atoms with Gasteiger partial charge in [0.1, 0.15) is 5.69 Å². The minimum absolute atomic E-state index is 0.0742. The largest absolute Gasteiger partial charge is 0.358 e. The molecular formula is C14H11BrN4O2. The SMILES string of the molecule is CNC(=O)C(C#N)C(=O)c1ccn(-c2cccc(Br)c2)n1. The highest BCUT2D eigenvalue weighted by Gasteiger charge is 2.28. The van der Waals surface area contributed by atoms with E-state index in [1.165, 1.54) is 17.8 Å². The number of halogens is 1. The summed E-state index contributed by atoms with van der Waals surface area (Å²) in [6.07, 6.45) is 1.60. The highest BCUT2D eigenvalue weighted by molar-refractivity contribution is 9.10. The first-order chi connectivity index (χ1) is 10.1. The molecule has 0 aliphatic rings. The number of aromatic nitrogens is 2. The summed E-state index contributed by atoms with van der Waals surface area (Å²) in [5.41, 5.74) is 0.835. The van der Waals surface area contributed by atoms with Gasteiger partial charge in [-0.1, -0.05) is 22.0 Å². The van der Waals surface area contributed by atoms with Crippen LogP contribution in [0.3, 0.4) is 0 Å². The molecule has 2 aromatic rings. The topological polar surface area (TPSA) is 87.8 Å². The van der Waals surface area contributed by atoms with Crippen LogP contribution in [0.25, 0.3) is 5.69 Å². The van der Waals surface area contributed by atoms with Crippen molar-refractivity contribution in [1.29, 1.82) is 5.26 Å². The van der Waals surface area contributed by atoms with Crippen LogP contribution in [0.2, 0.25) is 0 Å². The van der Waals surface area contributed by atoms with Crippen molar-refractivity contribution < 1.29 is 9.59 Å². The lowest BCUT2D eigenvalue weighted by Gasteiger charge is -2.04. The van der Waals surface area contributed by atoms with Crippen molar-refractivity contribution in [3.05, 3.63) is 46.7 Å². The number of nitrogens with zero attached hydrogens (tertiary/aromatic N) is 3. The first kappa shape index (κ1) is 14.9. The Kier molecular flexibility index (Phi) is 4.50. The van der Waals surface area contributed by atoms with E-state index >= 15 is 0 Å². The number of nitriles is 1. The first-order valence-electron chi connectivity index (χ1n) is 6.04. The fourth-order valence-electron chi connectivity index (χ4n) is 1.75. The highest BCUT2D eigenvalue weighted by atomic mass is 79.9. The van der Waals surface area contributed by atoms with E-state index in [2.05, 4.69) is 26.3 Å². The van der Waals surface area contributed by atoms with Gasteiger partial charge in [0.2, 0.25) is 11.7 Å². The summed E-state index contributed by atoms with van der Waals surface area (Å²) in [7, 11) is 1.38. The van der Waals surface area contributed by atoms with E-state index in [4.69, 9.17) is 5.26 Å². The van der Waals surface area contributed by atoms with Gasteiger partial charge in [-0.2, -0.15) is 10.4 Å². The normalized spacial score (nSPS) is 11.5. The standard InChI is InChI=1S/C14H11BrN4O2/c1-17-14(21)11(8-16)13(20)12-5-6-19(18-12)10-4-2-3-9(15)7-10/h2-7,11H,1H3,(H,17,21). The van der Waals surface area contributed by atoms with Gasteiger partial charge in [0, 0.05) is 17.7 Å². The number of hydrogen-bond acceptors (Lipinski definition) is 4. The molecule has 0 saturated carbocycles. The minimum atomic E-state index is -1.39. The van der Waals surface area contributed by atoms with E-state index in [0.717, 1.165) is 10.2 Å². The maximum atomic E-state index is 12.1. The Morgan fingerprint density at radius 1 is 1.43 bits per heavy atom. The molecule has 0 aliphatic carbocycles. The molecule has 1 heterocycles. The Hall–Kier alpha value is -2.46. The second-order valence-corrected chi connectivity index (χ2v) is 5.08. The average Bonchev–Trinajstić information content (AvgIpc) is 2.97. The number of ketones is 1. The molecule has 7 heteroatoms. The van der Waals surface area contributed by atoms with Crippen molar-refractivity contribution in [1.82, 2.24) is 15.1 Å². The number of hydrogen-bond donors (Lipinski definition) is 1. The van der Waals surface area contributed by atoms with Crippen LogP contribution in [0.5, 0.6) is 0 Å². The molecule has 0 aliphatic heterocycles. The van der Waals surface area contributed by atoms with E-state index in [1.54, 1.807) is 12.3 Å². The number of Topliss-reactive ketones (excluding diaryl/α,β-unsaturated/α-hetero) is 1. The zero-order chi connectivity index (χ0) is 15.4. The molecule has 1 unspecified atom stereocenters. The summed E-state index contributed by atoms with van der Waals surface area (Å²) in [5.74, 6) is -2.65. The molecule has 6 nitrogen and oxygen atoms in total. The van der Waals surface area contributed by atoms with Gasteiger partial charge in [-0.25, -0.2) is 4.68 Å². The monoisotopic (exact) mass is 346 g/mol. The third-order valence-corrected chi connectivity index (χ3v) is 3.31. The van der Waals surface area contributed by atoms with Crippen LogP contribution in [0.1, 0.15) is 10.5 Å². The Morgan fingerprint density at radius 2 is 2.19 bits per heavy atom. The van der Waals surface area contributed by atoms with Gasteiger partial charge in [0.15, 0.2) is 5.92 Å². The van der Waals surface area contributed by atoms with Crippen LogP contribution < -0.4 is 5.32 Å². The van der Waals surface area contributed by atoms with Gasteiger partial charge in [-0.05, 0) is 24.3 Å². The smallest absolute Gasteiger partial charge is 0.245 e. The summed E-state index contributed by atoms with van der Waals surface area (Å²) in [5, 5.41) is 15.4. The summed E-state index contributed by atoms with van der Waals surface area (Å²) in [6.45, 7) is 0. The van der Waals surface area contributed by atoms with Crippen molar-refractivity contribution in [2.24, 2.45) is 5.92 Å². The lowest BCUT2D eigenvalue weighted by atomic mass is 10.0. The number of benzene rings is 1. The highest BCUT2D eigenvalue weighted by Crippen LogP contribution is 2.16. The van der Waals surface area contributed by atoms with Gasteiger partial charge in [-0.3, -0.25) is 9.59 Å². The molecule has 0 radical (unpaired) electrons. The zero-order valence-electron chi connectivity index (χ0n) is 11.1. The summed E-state index contributed by atoms with van der Waals surface area (Å²) >= 11 is 3.35. The maximum Gasteiger partial charge on any atom is 0.245 e. The number of rotatable bonds is 4. The van der Waals surface area contributed by atoms with Crippen LogP contribution in [0.4, 0.5) is 0 Å². The third-order valence-electron chi connectivity index (χ3n) is 2.81. The summed E-state index contributed by atoms with van der Waals surface area (Å²) in [4.78, 5) is 23.6. The first-order valence-corrected chi connectivity index (χ1v) is 6.83. The quantitative estimate of drug-likeness (QED) is 0.674. The van der Waals surface area contributed by atoms with Crippen molar-refractivity contribution in [2.45, 2.75) is 0 Å². The van der Waals surface area contributed by atoms with Gasteiger partial charge in [-0.15, -0.1) is 0 Å². The molecule has 1 amide bonds. The molecule has 1 aromatic heterocycles. The third kappa shape index (κ3) is 3.17. The molecule has 2 rings (SSSR count). The summed E-state index contributed by atoms with van der Waals surface area (Å²) < 4.78 is 2.39. The molecule has 106 valence electrons. The van der Waals surface area contributed by atoms with Gasteiger partial charge in [0.05, 0.1) is 11.8 Å². The number of amides is 1. The van der Waals surface area contributed by atoms with E-state index in [9.17, 15) is 9.59 Å². The molecule has 1 atom stereocenters. The Labute approximate surface area is 129 Å². The van der Waals surface area contributed by atoms with Crippen LogP contribution >= 0.6 is 15.9 Å². The number of carbonyl (C=O) groups is 2. The van der Waals surface area contributed by atoms with Crippen molar-refractivity contribution >= 4 is 27.6 Å². The number of carbonyl (C=O) groups excluding carboxylic acids is 2. The second-order valence-electron chi connectivity index (χ2n) is 4.17. The van der Waals surface area contributed by atoms with E-state index < -0.39 is 17.6 Å². The van der Waals surface area contributed by atoms with Gasteiger partial charge in [0.25, 0.3) is 0 Å². The summed E-state index contributed by atoms with van der Waals surface area (Å²) in [6, 6.07) is 10.5. The van der Waals surface area contributed by atoms with Crippen LogP contribution in [0, 0.1) is 17.2 Å². The molecule has 0 fully saturated rings. The van der Waals surface area contributed by atoms with Crippen molar-refractivity contribution in [3.8, 4) is 11.8 Å². The Balaban J connectivity index is 2.30. The van der Waals surface area contributed by atoms with Gasteiger partial charge < -0.3 is 5.32 Å². The van der Waals surface area contributed by atoms with Crippen LogP contribution in [-0.4, -0.2) is 28.5 Å². The average molecular weight is 347 g/mol. The predicted molar refractivity (Wildman–Crippen MR) is 78.8 cm³/mol. The molecule has 0 spiro atoms. The fraction of sp³-hybridized carbons (Fsp3) is 0.143. The molecule has 1 aromatic carbocycles. The molecular weight excluding hydrogens is 336 g/mol. The maximum absolute atomic E-state index is 12.1. The molecule has 21 heavy (non-hydrogen) atoms. The lowest BCUT2D eigenvalue weighted by molar-refractivity contribution is -0.121. The Bertz CT molecular complexity index is 733. The molecule has 0 bridgehead atoms. The van der Waals surface area contributed by atoms with E-state index in [0.29, 0.717) is 0 Å². The fourth-order valence-corrected chi connectivity index (χ4v) is 2.13. The van der Waals surface area contributed by atoms with Crippen molar-refractivity contribution in [2.75, 3.05) is 7.05 Å². The second kappa shape index (κ2) is 6.33. The lowest BCUT2D eigenvalue weighted by Crippen LogP contribution is -2.32. The minimum Gasteiger partial charge on any atom is -0.358 e. The Morgan fingerprint density at radius 3 is 2.81 bits per heavy atom. The van der Waals surface area contributed by atoms with Gasteiger partial charge >= 0.3 is 0 Å². The zero-order valence-corrected chi connectivity index (χ0v) is 12.7. The van der Waals surface area contributed by atoms with E-state index in [1.807, 2.05) is 24.3 Å². The molecule has 0 saturated heterocycles. The van der Waals surface area contributed by atoms with Crippen LogP contribution in [-0.2, 0) is 4.79 Å². The van der Waals surface area contributed by atoms with E-state index in [-0.39, 0.29) is 5.69 Å². The van der Waals surface area contributed by atoms with Crippen LogP contribution in [0.15, 0.2) is 41.0 Å². The molecule has 1 N–H and O–H groups in total. The van der Waals surface area contributed by atoms with Crippen molar-refractivity contribution in [3.63, 3.8) is 0 Å². The predicted octanol–water partition coefficient (Wildman–Crippen LogP) is 1.70. The number of nitrogens with one attached hydrogen (secondary N) is 1.